The maximum absolute atomic E-state index is 5.64. The lowest BCUT2D eigenvalue weighted by atomic mass is 9.71. The third kappa shape index (κ3) is 3.43. The number of allylic oxidation sites excluding steroid dienone is 5. The average Bonchev–Trinajstić information content (AvgIpc) is 3.16. The highest BCUT2D eigenvalue weighted by molar-refractivity contribution is 5.72. The van der Waals surface area contributed by atoms with Crippen molar-refractivity contribution in [2.45, 2.75) is 26.7 Å². The van der Waals surface area contributed by atoms with E-state index in [0.29, 0.717) is 11.8 Å². The zero-order valence-corrected chi connectivity index (χ0v) is 16.2. The molecular weight excluding hydrogens is 324 g/mol. The molecule has 2 aliphatic carbocycles. The first kappa shape index (κ1) is 17.6. The quantitative estimate of drug-likeness (QED) is 0.528. The van der Waals surface area contributed by atoms with Crippen molar-refractivity contribution in [3.05, 3.63) is 89.0 Å². The standard InChI is InChI=1S/C27H26/c1-4-22-8-5-6-10-26(22)23-15-12-21(13-16-23)14-17-25-20(3)19(2)18-24-9-7-11-27(24)25/h1,5-8,10-17,19-20,25H,9,18H2,2-3H3/b17-14+/t19-,20+,25-/m0/s1. The van der Waals surface area contributed by atoms with Crippen LogP contribution in [0.1, 0.15) is 37.8 Å². The zero-order chi connectivity index (χ0) is 18.8. The van der Waals surface area contributed by atoms with Crippen LogP contribution in [-0.2, 0) is 0 Å². The molecule has 0 radical (unpaired) electrons. The van der Waals surface area contributed by atoms with Gasteiger partial charge in [-0.05, 0) is 53.0 Å². The number of hydrogen-bond acceptors (Lipinski definition) is 0. The Morgan fingerprint density at radius 1 is 1.04 bits per heavy atom. The van der Waals surface area contributed by atoms with Gasteiger partial charge in [-0.25, -0.2) is 0 Å². The second kappa shape index (κ2) is 7.45. The molecule has 134 valence electrons. The van der Waals surface area contributed by atoms with Gasteiger partial charge in [0, 0.05) is 11.5 Å². The molecule has 0 saturated carbocycles. The predicted octanol–water partition coefficient (Wildman–Crippen LogP) is 6.90. The summed E-state index contributed by atoms with van der Waals surface area (Å²) in [4.78, 5) is 0. The highest BCUT2D eigenvalue weighted by Gasteiger charge is 2.31. The van der Waals surface area contributed by atoms with Gasteiger partial charge in [-0.2, -0.15) is 0 Å². The lowest BCUT2D eigenvalue weighted by Gasteiger charge is -2.34. The number of rotatable bonds is 3. The number of terminal acetylenes is 1. The molecule has 0 heteroatoms. The summed E-state index contributed by atoms with van der Waals surface area (Å²) in [5.74, 6) is 4.75. The second-order valence-electron chi connectivity index (χ2n) is 7.90. The van der Waals surface area contributed by atoms with Crippen molar-refractivity contribution in [1.29, 1.82) is 0 Å². The number of hydrogen-bond donors (Lipinski definition) is 0. The molecule has 2 aliphatic rings. The van der Waals surface area contributed by atoms with Gasteiger partial charge in [-0.15, -0.1) is 6.42 Å². The zero-order valence-electron chi connectivity index (χ0n) is 16.2. The van der Waals surface area contributed by atoms with Crippen molar-refractivity contribution >= 4 is 6.08 Å². The summed E-state index contributed by atoms with van der Waals surface area (Å²) in [5, 5.41) is 0. The van der Waals surface area contributed by atoms with Gasteiger partial charge in [0.2, 0.25) is 0 Å². The molecule has 3 atom stereocenters. The van der Waals surface area contributed by atoms with Crippen molar-refractivity contribution in [1.82, 2.24) is 0 Å². The molecule has 0 nitrogen and oxygen atoms in total. The molecule has 0 N–H and O–H groups in total. The van der Waals surface area contributed by atoms with Gasteiger partial charge in [-0.3, -0.25) is 0 Å². The van der Waals surface area contributed by atoms with Gasteiger partial charge in [0.1, 0.15) is 0 Å². The SMILES string of the molecule is C#Cc1ccccc1-c1ccc(/C=C/[C@@H]2C3=C(CC=C3)C[C@H](C)[C@H]2C)cc1. The van der Waals surface area contributed by atoms with E-state index in [9.17, 15) is 0 Å². The van der Waals surface area contributed by atoms with E-state index >= 15 is 0 Å². The molecule has 0 spiro atoms. The molecule has 0 saturated heterocycles. The summed E-state index contributed by atoms with van der Waals surface area (Å²) in [6.45, 7) is 4.79. The first-order valence-corrected chi connectivity index (χ1v) is 9.90. The van der Waals surface area contributed by atoms with E-state index in [1.54, 1.807) is 11.1 Å². The van der Waals surface area contributed by atoms with Gasteiger partial charge < -0.3 is 0 Å². The summed E-state index contributed by atoms with van der Waals surface area (Å²) in [7, 11) is 0. The Morgan fingerprint density at radius 2 is 1.81 bits per heavy atom. The highest BCUT2D eigenvalue weighted by atomic mass is 14.4. The fraction of sp³-hybridized carbons (Fsp3) is 0.259. The van der Waals surface area contributed by atoms with Crippen LogP contribution in [0, 0.1) is 30.1 Å². The Bertz CT molecular complexity index is 960. The van der Waals surface area contributed by atoms with E-state index < -0.39 is 0 Å². The van der Waals surface area contributed by atoms with Gasteiger partial charge in [0.15, 0.2) is 0 Å². The van der Waals surface area contributed by atoms with Crippen molar-refractivity contribution in [3.8, 4) is 23.5 Å². The van der Waals surface area contributed by atoms with Crippen LogP contribution in [0.5, 0.6) is 0 Å². The molecule has 0 aliphatic heterocycles. The molecule has 0 aromatic heterocycles. The maximum atomic E-state index is 5.64. The van der Waals surface area contributed by atoms with Crippen LogP contribution < -0.4 is 0 Å². The van der Waals surface area contributed by atoms with E-state index in [1.807, 2.05) is 18.2 Å². The predicted molar refractivity (Wildman–Crippen MR) is 116 cm³/mol. The molecule has 0 bridgehead atoms. The molecule has 27 heavy (non-hydrogen) atoms. The van der Waals surface area contributed by atoms with E-state index in [2.05, 4.69) is 74.4 Å². The molecule has 2 aromatic carbocycles. The van der Waals surface area contributed by atoms with Crippen LogP contribution in [0.25, 0.3) is 17.2 Å². The molecule has 0 fully saturated rings. The fourth-order valence-electron chi connectivity index (χ4n) is 4.45. The normalized spacial score (nSPS) is 24.3. The van der Waals surface area contributed by atoms with Crippen LogP contribution in [0.2, 0.25) is 0 Å². The van der Waals surface area contributed by atoms with Gasteiger partial charge in [0.05, 0.1) is 0 Å². The molecule has 2 aromatic rings. The van der Waals surface area contributed by atoms with Gasteiger partial charge in [-0.1, -0.05) is 92.1 Å². The maximum Gasteiger partial charge on any atom is 0.0321 e. The minimum Gasteiger partial charge on any atom is -0.115 e. The van der Waals surface area contributed by atoms with Crippen LogP contribution in [0.3, 0.4) is 0 Å². The Balaban J connectivity index is 1.57. The molecule has 4 rings (SSSR count). The monoisotopic (exact) mass is 350 g/mol. The van der Waals surface area contributed by atoms with E-state index in [0.717, 1.165) is 23.5 Å². The van der Waals surface area contributed by atoms with Crippen LogP contribution in [0.15, 0.2) is 77.9 Å². The second-order valence-corrected chi connectivity index (χ2v) is 7.90. The Kier molecular flexibility index (Phi) is 4.87. The van der Waals surface area contributed by atoms with Crippen LogP contribution in [-0.4, -0.2) is 0 Å². The molecule has 0 amide bonds. The topological polar surface area (TPSA) is 0 Å². The van der Waals surface area contributed by atoms with Gasteiger partial charge >= 0.3 is 0 Å². The smallest absolute Gasteiger partial charge is 0.0321 e. The van der Waals surface area contributed by atoms with E-state index in [-0.39, 0.29) is 0 Å². The average molecular weight is 351 g/mol. The first-order valence-electron chi connectivity index (χ1n) is 9.90. The Morgan fingerprint density at radius 3 is 2.59 bits per heavy atom. The van der Waals surface area contributed by atoms with Crippen molar-refractivity contribution in [3.63, 3.8) is 0 Å². The van der Waals surface area contributed by atoms with E-state index in [4.69, 9.17) is 6.42 Å². The molecule has 0 unspecified atom stereocenters. The molecule has 0 heterocycles. The third-order valence-corrected chi connectivity index (χ3v) is 6.26. The lowest BCUT2D eigenvalue weighted by molar-refractivity contribution is 0.310. The first-order chi connectivity index (χ1) is 13.2. The van der Waals surface area contributed by atoms with Crippen LogP contribution >= 0.6 is 0 Å². The fourth-order valence-corrected chi connectivity index (χ4v) is 4.45. The van der Waals surface area contributed by atoms with Crippen molar-refractivity contribution in [2.24, 2.45) is 17.8 Å². The van der Waals surface area contributed by atoms with Crippen molar-refractivity contribution in [2.75, 3.05) is 0 Å². The highest BCUT2D eigenvalue weighted by Crippen LogP contribution is 2.43. The number of benzene rings is 2. The Labute approximate surface area is 163 Å². The summed E-state index contributed by atoms with van der Waals surface area (Å²) in [5.41, 5.74) is 7.69. The minimum absolute atomic E-state index is 0.532. The summed E-state index contributed by atoms with van der Waals surface area (Å²) >= 11 is 0. The van der Waals surface area contributed by atoms with Gasteiger partial charge in [0.25, 0.3) is 0 Å². The Hall–Kier alpha value is -2.78. The lowest BCUT2D eigenvalue weighted by Crippen LogP contribution is -2.24. The molecular formula is C27H26. The minimum atomic E-state index is 0.532. The summed E-state index contributed by atoms with van der Waals surface area (Å²) < 4.78 is 0. The summed E-state index contributed by atoms with van der Waals surface area (Å²) in [6, 6.07) is 16.8. The third-order valence-electron chi connectivity index (χ3n) is 6.26. The summed E-state index contributed by atoms with van der Waals surface area (Å²) in [6.07, 6.45) is 17.4. The largest absolute Gasteiger partial charge is 0.115 e. The van der Waals surface area contributed by atoms with Crippen molar-refractivity contribution < 1.29 is 0 Å². The van der Waals surface area contributed by atoms with E-state index in [1.165, 1.54) is 17.5 Å². The van der Waals surface area contributed by atoms with Crippen LogP contribution in [0.4, 0.5) is 0 Å².